The summed E-state index contributed by atoms with van der Waals surface area (Å²) < 4.78 is 12.8. The van der Waals surface area contributed by atoms with Gasteiger partial charge < -0.3 is 5.32 Å². The van der Waals surface area contributed by atoms with E-state index in [0.29, 0.717) is 12.1 Å². The summed E-state index contributed by atoms with van der Waals surface area (Å²) in [5.41, 5.74) is 6.58. The quantitative estimate of drug-likeness (QED) is 0.450. The molecule has 0 fully saturated rings. The second-order valence-electron chi connectivity index (χ2n) is 4.62. The number of carbonyl (C=O) groups is 1. The number of hydrogen-bond acceptors (Lipinski definition) is 3. The Kier molecular flexibility index (Phi) is 6.37. The molecule has 4 nitrogen and oxygen atoms in total. The van der Waals surface area contributed by atoms with Crippen molar-refractivity contribution >= 4 is 35.0 Å². The molecule has 0 unspecified atom stereocenters. The highest BCUT2D eigenvalue weighted by molar-refractivity contribution is 7.98. The Balaban J connectivity index is 1.76. The number of halogens is 1. The number of nitrogens with one attached hydrogen (secondary N) is 3. The van der Waals surface area contributed by atoms with Crippen molar-refractivity contribution in [2.24, 2.45) is 0 Å². The molecule has 0 aliphatic rings. The average Bonchev–Trinajstić information content (AvgIpc) is 2.59. The normalized spacial score (nSPS) is 10.0. The summed E-state index contributed by atoms with van der Waals surface area (Å²) in [6.45, 7) is 0.435. The number of rotatable bonds is 4. The van der Waals surface area contributed by atoms with Gasteiger partial charge in [-0.25, -0.2) is 4.39 Å². The van der Waals surface area contributed by atoms with E-state index in [0.717, 1.165) is 10.5 Å². The van der Waals surface area contributed by atoms with Gasteiger partial charge in [-0.3, -0.25) is 15.6 Å². The van der Waals surface area contributed by atoms with Gasteiger partial charge >= 0.3 is 0 Å². The molecule has 0 aliphatic heterocycles. The zero-order valence-electron chi connectivity index (χ0n) is 12.4. The van der Waals surface area contributed by atoms with Crippen LogP contribution in [0.1, 0.15) is 15.9 Å². The zero-order valence-corrected chi connectivity index (χ0v) is 14.1. The Morgan fingerprint density at radius 3 is 2.35 bits per heavy atom. The summed E-state index contributed by atoms with van der Waals surface area (Å²) in [7, 11) is 0. The summed E-state index contributed by atoms with van der Waals surface area (Å²) in [6, 6.07) is 13.3. The first-order valence-electron chi connectivity index (χ1n) is 6.81. The van der Waals surface area contributed by atoms with E-state index in [-0.39, 0.29) is 16.8 Å². The van der Waals surface area contributed by atoms with E-state index in [9.17, 15) is 9.18 Å². The van der Waals surface area contributed by atoms with Crippen molar-refractivity contribution in [2.45, 2.75) is 11.4 Å². The van der Waals surface area contributed by atoms with Gasteiger partial charge in [0.2, 0.25) is 0 Å². The van der Waals surface area contributed by atoms with Gasteiger partial charge in [0.25, 0.3) is 5.91 Å². The van der Waals surface area contributed by atoms with E-state index in [2.05, 4.69) is 16.2 Å². The van der Waals surface area contributed by atoms with Crippen LogP contribution in [0.3, 0.4) is 0 Å². The number of carbonyl (C=O) groups excluding carboxylic acids is 1. The SMILES string of the molecule is CSc1ccc(C(=O)NNC(=S)NCc2ccc(F)cc2)cc1. The molecule has 0 saturated heterocycles. The molecule has 0 saturated carbocycles. The molecule has 7 heteroatoms. The van der Waals surface area contributed by atoms with Gasteiger partial charge in [-0.05, 0) is 60.4 Å². The van der Waals surface area contributed by atoms with Crippen molar-refractivity contribution in [3.63, 3.8) is 0 Å². The number of amides is 1. The highest BCUT2D eigenvalue weighted by Gasteiger charge is 2.05. The number of benzene rings is 2. The molecule has 0 radical (unpaired) electrons. The maximum Gasteiger partial charge on any atom is 0.269 e. The number of thioether (sulfide) groups is 1. The van der Waals surface area contributed by atoms with Gasteiger partial charge in [-0.15, -0.1) is 11.8 Å². The van der Waals surface area contributed by atoms with Crippen LogP contribution in [0.25, 0.3) is 0 Å². The molecular weight excluding hydrogens is 333 g/mol. The third kappa shape index (κ3) is 5.54. The van der Waals surface area contributed by atoms with Crippen LogP contribution in [0.4, 0.5) is 4.39 Å². The largest absolute Gasteiger partial charge is 0.357 e. The Bertz CT molecular complexity index is 675. The molecule has 0 aliphatic carbocycles. The minimum Gasteiger partial charge on any atom is -0.357 e. The lowest BCUT2D eigenvalue weighted by molar-refractivity contribution is 0.0943. The monoisotopic (exact) mass is 349 g/mol. The van der Waals surface area contributed by atoms with Crippen molar-refractivity contribution < 1.29 is 9.18 Å². The number of thiocarbonyl (C=S) groups is 1. The summed E-state index contributed by atoms with van der Waals surface area (Å²) in [4.78, 5) is 13.0. The van der Waals surface area contributed by atoms with Crippen molar-refractivity contribution in [2.75, 3.05) is 6.26 Å². The van der Waals surface area contributed by atoms with E-state index in [1.165, 1.54) is 12.1 Å². The van der Waals surface area contributed by atoms with Crippen molar-refractivity contribution in [3.05, 3.63) is 65.5 Å². The van der Waals surface area contributed by atoms with E-state index in [1.807, 2.05) is 18.4 Å². The third-order valence-corrected chi connectivity index (χ3v) is 4.00. The van der Waals surface area contributed by atoms with Gasteiger partial charge in [0.15, 0.2) is 5.11 Å². The Morgan fingerprint density at radius 1 is 1.09 bits per heavy atom. The predicted octanol–water partition coefficient (Wildman–Crippen LogP) is 2.86. The molecule has 120 valence electrons. The maximum atomic E-state index is 12.8. The van der Waals surface area contributed by atoms with Crippen LogP contribution in [0.2, 0.25) is 0 Å². The fourth-order valence-electron chi connectivity index (χ4n) is 1.76. The molecule has 2 aromatic rings. The van der Waals surface area contributed by atoms with Gasteiger partial charge in [-0.1, -0.05) is 12.1 Å². The third-order valence-electron chi connectivity index (χ3n) is 3.01. The van der Waals surface area contributed by atoms with Crippen molar-refractivity contribution in [1.82, 2.24) is 16.2 Å². The Labute approximate surface area is 143 Å². The van der Waals surface area contributed by atoms with Gasteiger partial charge in [-0.2, -0.15) is 0 Å². The first kappa shape index (κ1) is 17.2. The van der Waals surface area contributed by atoms with E-state index in [1.54, 1.807) is 36.0 Å². The van der Waals surface area contributed by atoms with Gasteiger partial charge in [0.1, 0.15) is 5.82 Å². The standard InChI is InChI=1S/C16H16FN3OS2/c1-23-14-8-4-12(5-9-14)15(21)19-20-16(22)18-10-11-2-6-13(17)7-3-11/h2-9H,10H2,1H3,(H,19,21)(H2,18,20,22). The van der Waals surface area contributed by atoms with Crippen molar-refractivity contribution in [1.29, 1.82) is 0 Å². The topological polar surface area (TPSA) is 53.2 Å². The summed E-state index contributed by atoms with van der Waals surface area (Å²) >= 11 is 6.68. The summed E-state index contributed by atoms with van der Waals surface area (Å²) in [6.07, 6.45) is 1.97. The fourth-order valence-corrected chi connectivity index (χ4v) is 2.29. The molecule has 0 spiro atoms. The highest BCUT2D eigenvalue weighted by Crippen LogP contribution is 2.14. The van der Waals surface area contributed by atoms with Crippen LogP contribution in [-0.4, -0.2) is 17.3 Å². The summed E-state index contributed by atoms with van der Waals surface area (Å²) in [5.74, 6) is -0.558. The minimum absolute atomic E-state index is 0.274. The van der Waals surface area contributed by atoms with Gasteiger partial charge in [0, 0.05) is 17.0 Å². The molecule has 0 atom stereocenters. The van der Waals surface area contributed by atoms with Gasteiger partial charge in [0.05, 0.1) is 0 Å². The maximum absolute atomic E-state index is 12.8. The minimum atomic E-state index is -0.283. The second-order valence-corrected chi connectivity index (χ2v) is 5.90. The molecule has 2 rings (SSSR count). The fraction of sp³-hybridized carbons (Fsp3) is 0.125. The van der Waals surface area contributed by atoms with Crippen LogP contribution >= 0.6 is 24.0 Å². The first-order chi connectivity index (χ1) is 11.1. The second kappa shape index (κ2) is 8.50. The van der Waals surface area contributed by atoms with Crippen LogP contribution in [0, 0.1) is 5.82 Å². The molecule has 3 N–H and O–H groups in total. The lowest BCUT2D eigenvalue weighted by Crippen LogP contribution is -2.46. The Morgan fingerprint density at radius 2 is 1.74 bits per heavy atom. The number of hydrazine groups is 1. The molecule has 23 heavy (non-hydrogen) atoms. The average molecular weight is 349 g/mol. The van der Waals surface area contributed by atoms with Crippen LogP contribution in [-0.2, 0) is 6.54 Å². The molecular formula is C16H16FN3OS2. The smallest absolute Gasteiger partial charge is 0.269 e. The van der Waals surface area contributed by atoms with E-state index >= 15 is 0 Å². The Hall–Kier alpha value is -2.12. The summed E-state index contributed by atoms with van der Waals surface area (Å²) in [5, 5.41) is 3.20. The molecule has 1 amide bonds. The van der Waals surface area contributed by atoms with Crippen molar-refractivity contribution in [3.8, 4) is 0 Å². The van der Waals surface area contributed by atoms with E-state index in [4.69, 9.17) is 12.2 Å². The van der Waals surface area contributed by atoms with Crippen LogP contribution < -0.4 is 16.2 Å². The molecule has 0 bridgehead atoms. The predicted molar refractivity (Wildman–Crippen MR) is 94.7 cm³/mol. The van der Waals surface area contributed by atoms with Crippen LogP contribution in [0.15, 0.2) is 53.4 Å². The highest BCUT2D eigenvalue weighted by atomic mass is 32.2. The first-order valence-corrected chi connectivity index (χ1v) is 8.44. The zero-order chi connectivity index (χ0) is 16.7. The molecule has 0 aromatic heterocycles. The molecule has 0 heterocycles. The van der Waals surface area contributed by atoms with E-state index < -0.39 is 0 Å². The van der Waals surface area contributed by atoms with Crippen LogP contribution in [0.5, 0.6) is 0 Å². The lowest BCUT2D eigenvalue weighted by Gasteiger charge is -2.11. The lowest BCUT2D eigenvalue weighted by atomic mass is 10.2. The molecule has 2 aromatic carbocycles. The number of hydrogen-bond donors (Lipinski definition) is 3.